The van der Waals surface area contributed by atoms with E-state index in [2.05, 4.69) is 9.62 Å². The normalized spacial score (nSPS) is 21.1. The van der Waals surface area contributed by atoms with Crippen LogP contribution in [0.4, 0.5) is 0 Å². The summed E-state index contributed by atoms with van der Waals surface area (Å²) in [5.74, 6) is 0. The fourth-order valence-electron chi connectivity index (χ4n) is 2.49. The van der Waals surface area contributed by atoms with Crippen molar-refractivity contribution in [1.29, 1.82) is 0 Å². The molecule has 0 bridgehead atoms. The molecule has 0 saturated carbocycles. The number of nitrogens with one attached hydrogen (secondary N) is 1. The molecule has 1 aliphatic rings. The molecular weight excluding hydrogens is 319 g/mol. The molecule has 1 atom stereocenters. The summed E-state index contributed by atoms with van der Waals surface area (Å²) in [6.07, 6.45) is 3.04. The predicted octanol–water partition coefficient (Wildman–Crippen LogP) is 2.51. The topological polar surface area (TPSA) is 49.4 Å². The summed E-state index contributed by atoms with van der Waals surface area (Å²) in [6, 6.07) is 5.44. The molecule has 1 aromatic carbocycles. The zero-order valence-corrected chi connectivity index (χ0v) is 13.6. The Morgan fingerprint density at radius 3 is 2.80 bits per heavy atom. The number of rotatable bonds is 4. The monoisotopic (exact) mass is 336 g/mol. The maximum Gasteiger partial charge on any atom is 0.208 e. The Kier molecular flexibility index (Phi) is 5.31. The van der Waals surface area contributed by atoms with Gasteiger partial charge in [-0.1, -0.05) is 29.3 Å². The zero-order chi connectivity index (χ0) is 14.8. The molecule has 1 N–H and O–H groups in total. The molecule has 4 nitrogen and oxygen atoms in total. The summed E-state index contributed by atoms with van der Waals surface area (Å²) in [5.41, 5.74) is 1.01. The van der Waals surface area contributed by atoms with Crippen LogP contribution in [0.2, 0.25) is 10.0 Å². The van der Waals surface area contributed by atoms with Gasteiger partial charge in [0.2, 0.25) is 10.0 Å². The second-order valence-electron chi connectivity index (χ2n) is 5.20. The largest absolute Gasteiger partial charge is 0.297 e. The summed E-state index contributed by atoms with van der Waals surface area (Å²) in [6.45, 7) is 2.35. The Morgan fingerprint density at radius 1 is 1.40 bits per heavy atom. The molecule has 1 unspecified atom stereocenters. The van der Waals surface area contributed by atoms with Gasteiger partial charge in [0.15, 0.2) is 0 Å². The molecule has 0 amide bonds. The van der Waals surface area contributed by atoms with Crippen molar-refractivity contribution in [2.24, 2.45) is 0 Å². The lowest BCUT2D eigenvalue weighted by Crippen LogP contribution is -2.47. The summed E-state index contributed by atoms with van der Waals surface area (Å²) in [4.78, 5) is 2.21. The smallest absolute Gasteiger partial charge is 0.208 e. The number of halogens is 2. The minimum atomic E-state index is -3.15. The number of piperidine rings is 1. The molecule has 112 valence electrons. The van der Waals surface area contributed by atoms with E-state index in [1.807, 2.05) is 12.1 Å². The highest BCUT2D eigenvalue weighted by Gasteiger charge is 2.22. The van der Waals surface area contributed by atoms with E-state index in [0.29, 0.717) is 23.1 Å². The molecule has 7 heteroatoms. The van der Waals surface area contributed by atoms with Gasteiger partial charge in [-0.05, 0) is 37.1 Å². The summed E-state index contributed by atoms with van der Waals surface area (Å²) in [7, 11) is -3.15. The first-order chi connectivity index (χ1) is 9.33. The van der Waals surface area contributed by atoms with E-state index in [9.17, 15) is 8.42 Å². The van der Waals surface area contributed by atoms with Gasteiger partial charge in [-0.25, -0.2) is 13.1 Å². The number of hydrogen-bond donors (Lipinski definition) is 1. The van der Waals surface area contributed by atoms with Crippen molar-refractivity contribution in [2.75, 3.05) is 19.3 Å². The number of likely N-dealkylation sites (tertiary alicyclic amines) is 1. The van der Waals surface area contributed by atoms with Gasteiger partial charge in [0.05, 0.1) is 6.26 Å². The van der Waals surface area contributed by atoms with Crippen molar-refractivity contribution in [2.45, 2.75) is 25.4 Å². The average molecular weight is 337 g/mol. The first kappa shape index (κ1) is 16.0. The van der Waals surface area contributed by atoms with E-state index < -0.39 is 10.0 Å². The Morgan fingerprint density at radius 2 is 2.15 bits per heavy atom. The number of nitrogens with zero attached hydrogens (tertiary/aromatic N) is 1. The molecule has 0 radical (unpaired) electrons. The van der Waals surface area contributed by atoms with Crippen molar-refractivity contribution in [3.05, 3.63) is 33.8 Å². The number of benzene rings is 1. The van der Waals surface area contributed by atoms with Crippen LogP contribution in [0.15, 0.2) is 18.2 Å². The van der Waals surface area contributed by atoms with Gasteiger partial charge in [0, 0.05) is 29.2 Å². The van der Waals surface area contributed by atoms with Crippen molar-refractivity contribution in [3.8, 4) is 0 Å². The van der Waals surface area contributed by atoms with E-state index in [1.54, 1.807) is 6.07 Å². The molecule has 0 spiro atoms. The number of sulfonamides is 1. The van der Waals surface area contributed by atoms with Gasteiger partial charge in [-0.3, -0.25) is 4.90 Å². The highest BCUT2D eigenvalue weighted by atomic mass is 35.5. The van der Waals surface area contributed by atoms with Crippen LogP contribution in [0.1, 0.15) is 18.4 Å². The van der Waals surface area contributed by atoms with E-state index in [0.717, 1.165) is 24.9 Å². The molecule has 1 fully saturated rings. The third kappa shape index (κ3) is 4.90. The summed E-state index contributed by atoms with van der Waals surface area (Å²) < 4.78 is 25.3. The highest BCUT2D eigenvalue weighted by Crippen LogP contribution is 2.23. The first-order valence-corrected chi connectivity index (χ1v) is 9.12. The van der Waals surface area contributed by atoms with Crippen LogP contribution < -0.4 is 4.72 Å². The summed E-state index contributed by atoms with van der Waals surface area (Å²) >= 11 is 12.0. The third-order valence-electron chi connectivity index (χ3n) is 3.30. The van der Waals surface area contributed by atoms with Crippen molar-refractivity contribution >= 4 is 33.2 Å². The van der Waals surface area contributed by atoms with Crippen LogP contribution in [0.3, 0.4) is 0 Å². The van der Waals surface area contributed by atoms with Crippen molar-refractivity contribution in [1.82, 2.24) is 9.62 Å². The maximum absolute atomic E-state index is 11.3. The molecule has 1 aromatic rings. The van der Waals surface area contributed by atoms with Crippen LogP contribution in [0.25, 0.3) is 0 Å². The lowest BCUT2D eigenvalue weighted by atomic mass is 10.1. The Labute approximate surface area is 130 Å². The summed E-state index contributed by atoms with van der Waals surface area (Å²) in [5, 5.41) is 1.27. The molecule has 0 aliphatic carbocycles. The first-order valence-electron chi connectivity index (χ1n) is 6.47. The van der Waals surface area contributed by atoms with Gasteiger partial charge in [-0.15, -0.1) is 0 Å². The minimum Gasteiger partial charge on any atom is -0.297 e. The second kappa shape index (κ2) is 6.62. The highest BCUT2D eigenvalue weighted by molar-refractivity contribution is 7.88. The predicted molar refractivity (Wildman–Crippen MR) is 82.7 cm³/mol. The molecule has 20 heavy (non-hydrogen) atoms. The fraction of sp³-hybridized carbons (Fsp3) is 0.538. The van der Waals surface area contributed by atoms with E-state index in [1.165, 1.54) is 6.26 Å². The minimum absolute atomic E-state index is 0.0233. The van der Waals surface area contributed by atoms with Crippen LogP contribution in [0, 0.1) is 0 Å². The maximum atomic E-state index is 11.3. The van der Waals surface area contributed by atoms with Gasteiger partial charge < -0.3 is 0 Å². The van der Waals surface area contributed by atoms with Crippen molar-refractivity contribution < 1.29 is 8.42 Å². The molecular formula is C13H18Cl2N2O2S. The molecule has 2 rings (SSSR count). The van der Waals surface area contributed by atoms with Crippen LogP contribution in [0.5, 0.6) is 0 Å². The third-order valence-corrected chi connectivity index (χ3v) is 4.64. The Balaban J connectivity index is 1.99. The SMILES string of the molecule is CS(=O)(=O)NC1CCCN(Cc2ccc(Cl)cc2Cl)C1. The standard InChI is InChI=1S/C13H18Cl2N2O2S/c1-20(18,19)16-12-3-2-6-17(9-12)8-10-4-5-11(14)7-13(10)15/h4-5,7,12,16H,2-3,6,8-9H2,1H3. The number of hydrogen-bond acceptors (Lipinski definition) is 3. The zero-order valence-electron chi connectivity index (χ0n) is 11.3. The molecule has 1 heterocycles. The van der Waals surface area contributed by atoms with E-state index >= 15 is 0 Å². The van der Waals surface area contributed by atoms with E-state index in [-0.39, 0.29) is 6.04 Å². The lowest BCUT2D eigenvalue weighted by Gasteiger charge is -2.32. The molecule has 1 aliphatic heterocycles. The van der Waals surface area contributed by atoms with Crippen LogP contribution in [-0.2, 0) is 16.6 Å². The van der Waals surface area contributed by atoms with Gasteiger partial charge in [0.25, 0.3) is 0 Å². The fourth-order valence-corrected chi connectivity index (χ4v) is 3.76. The van der Waals surface area contributed by atoms with Crippen molar-refractivity contribution in [3.63, 3.8) is 0 Å². The van der Waals surface area contributed by atoms with Gasteiger partial charge in [0.1, 0.15) is 0 Å². The quantitative estimate of drug-likeness (QED) is 0.918. The molecule has 0 aromatic heterocycles. The van der Waals surface area contributed by atoms with Gasteiger partial charge >= 0.3 is 0 Å². The average Bonchev–Trinajstić information content (AvgIpc) is 2.31. The Hall–Kier alpha value is -0.330. The lowest BCUT2D eigenvalue weighted by molar-refractivity contribution is 0.194. The van der Waals surface area contributed by atoms with E-state index in [4.69, 9.17) is 23.2 Å². The van der Waals surface area contributed by atoms with Crippen LogP contribution >= 0.6 is 23.2 Å². The second-order valence-corrected chi connectivity index (χ2v) is 7.82. The Bertz CT molecular complexity index is 578. The van der Waals surface area contributed by atoms with Gasteiger partial charge in [-0.2, -0.15) is 0 Å². The van der Waals surface area contributed by atoms with Crippen LogP contribution in [-0.4, -0.2) is 38.7 Å². The molecule has 1 saturated heterocycles.